The van der Waals surface area contributed by atoms with Crippen LogP contribution in [0.5, 0.6) is 0 Å². The van der Waals surface area contributed by atoms with Crippen LogP contribution in [0.2, 0.25) is 0 Å². The number of nitrogens with zero attached hydrogens (tertiary/aromatic N) is 7. The van der Waals surface area contributed by atoms with Crippen molar-refractivity contribution in [3.8, 4) is 11.9 Å². The maximum Gasteiger partial charge on any atom is 0.408 e. The molecule has 3 aliphatic heterocycles. The summed E-state index contributed by atoms with van der Waals surface area (Å²) < 4.78 is 55.7. The van der Waals surface area contributed by atoms with Crippen LogP contribution in [0.1, 0.15) is 37.8 Å². The Labute approximate surface area is 204 Å². The molecule has 0 radical (unpaired) electrons. The SMILES string of the molecule is COC1CCN(c2cc(N3C4CCOC3CC4)nc3c2c(C#N)nn3-c2ccn[nH]2)[C@H](C(F)(F)F)C1. The molecule has 3 saturated heterocycles. The zero-order valence-corrected chi connectivity index (χ0v) is 19.6. The number of methoxy groups -OCH3 is 1. The Hall–Kier alpha value is -3.37. The van der Waals surface area contributed by atoms with E-state index < -0.39 is 18.3 Å². The van der Waals surface area contributed by atoms with Crippen molar-refractivity contribution in [3.63, 3.8) is 0 Å². The second kappa shape index (κ2) is 8.63. The Morgan fingerprint density at radius 2 is 2.11 bits per heavy atom. The molecule has 0 amide bonds. The van der Waals surface area contributed by atoms with Gasteiger partial charge in [0.1, 0.15) is 24.2 Å². The molecule has 13 heteroatoms. The van der Waals surface area contributed by atoms with Crippen molar-refractivity contribution in [1.29, 1.82) is 5.26 Å². The van der Waals surface area contributed by atoms with Gasteiger partial charge in [0.25, 0.3) is 0 Å². The highest BCUT2D eigenvalue weighted by Gasteiger charge is 2.48. The minimum absolute atomic E-state index is 0.00121. The van der Waals surface area contributed by atoms with Gasteiger partial charge in [0.05, 0.1) is 30.0 Å². The van der Waals surface area contributed by atoms with Gasteiger partial charge in [-0.1, -0.05) is 0 Å². The second-order valence-electron chi connectivity index (χ2n) is 9.40. The monoisotopic (exact) mass is 502 g/mol. The van der Waals surface area contributed by atoms with Crippen LogP contribution < -0.4 is 9.80 Å². The number of hydrogen-bond acceptors (Lipinski definition) is 8. The zero-order chi connectivity index (χ0) is 25.0. The predicted octanol–water partition coefficient (Wildman–Crippen LogP) is 3.28. The molecule has 0 saturated carbocycles. The molecule has 6 heterocycles. The molecule has 36 heavy (non-hydrogen) atoms. The highest BCUT2D eigenvalue weighted by molar-refractivity contribution is 5.96. The first kappa shape index (κ1) is 23.1. The van der Waals surface area contributed by atoms with E-state index in [0.717, 1.165) is 19.3 Å². The van der Waals surface area contributed by atoms with Crippen LogP contribution in [0.25, 0.3) is 16.9 Å². The predicted molar refractivity (Wildman–Crippen MR) is 123 cm³/mol. The lowest BCUT2D eigenvalue weighted by atomic mass is 9.97. The largest absolute Gasteiger partial charge is 0.408 e. The Morgan fingerprint density at radius 1 is 1.25 bits per heavy atom. The zero-order valence-electron chi connectivity index (χ0n) is 19.6. The van der Waals surface area contributed by atoms with Gasteiger partial charge in [-0.2, -0.15) is 33.3 Å². The summed E-state index contributed by atoms with van der Waals surface area (Å²) in [7, 11) is 1.44. The third kappa shape index (κ3) is 3.67. The molecule has 3 fully saturated rings. The van der Waals surface area contributed by atoms with E-state index in [9.17, 15) is 18.4 Å². The van der Waals surface area contributed by atoms with Crippen LogP contribution in [-0.4, -0.2) is 75.8 Å². The van der Waals surface area contributed by atoms with E-state index in [1.807, 2.05) is 0 Å². The summed E-state index contributed by atoms with van der Waals surface area (Å²) in [5.41, 5.74) is 0.587. The van der Waals surface area contributed by atoms with E-state index in [-0.39, 0.29) is 36.3 Å². The number of anilines is 2. The number of alkyl halides is 3. The van der Waals surface area contributed by atoms with Crippen LogP contribution in [0.15, 0.2) is 18.3 Å². The molecule has 2 bridgehead atoms. The van der Waals surface area contributed by atoms with E-state index in [1.165, 1.54) is 22.9 Å². The number of halogens is 3. The summed E-state index contributed by atoms with van der Waals surface area (Å²) in [6.45, 7) is 0.761. The third-order valence-corrected chi connectivity index (χ3v) is 7.47. The lowest BCUT2D eigenvalue weighted by Gasteiger charge is -2.42. The number of aromatic amines is 1. The fourth-order valence-electron chi connectivity index (χ4n) is 5.77. The van der Waals surface area contributed by atoms with E-state index in [4.69, 9.17) is 14.5 Å². The molecule has 190 valence electrons. The number of piperidine rings is 1. The molecule has 10 nitrogen and oxygen atoms in total. The van der Waals surface area contributed by atoms with Crippen molar-refractivity contribution in [3.05, 3.63) is 24.0 Å². The van der Waals surface area contributed by atoms with Crippen molar-refractivity contribution >= 4 is 22.5 Å². The summed E-state index contributed by atoms with van der Waals surface area (Å²) in [4.78, 5) is 8.26. The first-order chi connectivity index (χ1) is 17.4. The van der Waals surface area contributed by atoms with Crippen molar-refractivity contribution in [2.75, 3.05) is 30.1 Å². The normalized spacial score (nSPS) is 26.5. The van der Waals surface area contributed by atoms with Gasteiger partial charge in [0.2, 0.25) is 0 Å². The van der Waals surface area contributed by atoms with E-state index in [2.05, 4.69) is 26.3 Å². The number of nitrogens with one attached hydrogen (secondary N) is 1. The molecule has 3 aliphatic rings. The van der Waals surface area contributed by atoms with Gasteiger partial charge in [-0.25, -0.2) is 4.98 Å². The first-order valence-corrected chi connectivity index (χ1v) is 12.0. The first-order valence-electron chi connectivity index (χ1n) is 12.0. The Kier molecular flexibility index (Phi) is 5.53. The van der Waals surface area contributed by atoms with Gasteiger partial charge in [0.15, 0.2) is 17.2 Å². The summed E-state index contributed by atoms with van der Waals surface area (Å²) in [6, 6.07) is 3.82. The average Bonchev–Trinajstić information content (AvgIpc) is 3.59. The lowest BCUT2D eigenvalue weighted by molar-refractivity contribution is -0.160. The summed E-state index contributed by atoms with van der Waals surface area (Å²) >= 11 is 0. The van der Waals surface area contributed by atoms with Crippen LogP contribution >= 0.6 is 0 Å². The highest BCUT2D eigenvalue weighted by atomic mass is 19.4. The van der Waals surface area contributed by atoms with Crippen LogP contribution in [0, 0.1) is 11.3 Å². The van der Waals surface area contributed by atoms with E-state index in [1.54, 1.807) is 12.1 Å². The smallest absolute Gasteiger partial charge is 0.381 e. The molecule has 3 aromatic rings. The standard InChI is InChI=1S/C23H25F3N8O2/c1-35-14-5-8-32(17(10-14)23(24,25)26)16-11-19(33-13-2-3-20(33)36-9-6-13)29-22-21(16)15(12-27)31-34(22)18-4-7-28-30-18/h4,7,11,13-14,17,20H,2-3,5-6,8-10H2,1H3,(H,28,30)/t13?,14?,17-,20?/m0/s1. The van der Waals surface area contributed by atoms with Gasteiger partial charge in [-0.3, -0.25) is 5.10 Å². The molecule has 0 aromatic carbocycles. The molecule has 0 aliphatic carbocycles. The van der Waals surface area contributed by atoms with Crippen molar-refractivity contribution in [2.45, 2.75) is 62.7 Å². The average molecular weight is 503 g/mol. The van der Waals surface area contributed by atoms with Crippen LogP contribution in [0.4, 0.5) is 24.7 Å². The van der Waals surface area contributed by atoms with Gasteiger partial charge in [0, 0.05) is 38.2 Å². The van der Waals surface area contributed by atoms with Crippen LogP contribution in [-0.2, 0) is 9.47 Å². The Bertz CT molecular complexity index is 1290. The topological polar surface area (TPSA) is 108 Å². The quantitative estimate of drug-likeness (QED) is 0.579. The van der Waals surface area contributed by atoms with Crippen molar-refractivity contribution in [1.82, 2.24) is 25.0 Å². The number of rotatable bonds is 4. The number of nitriles is 1. The molecule has 1 N–H and O–H groups in total. The number of fused-ring (bicyclic) bond motifs is 3. The molecule has 3 unspecified atom stereocenters. The number of aromatic nitrogens is 5. The Morgan fingerprint density at radius 3 is 2.81 bits per heavy atom. The van der Waals surface area contributed by atoms with Crippen molar-refractivity contribution in [2.24, 2.45) is 0 Å². The number of hydrogen-bond donors (Lipinski definition) is 1. The van der Waals surface area contributed by atoms with Crippen molar-refractivity contribution < 1.29 is 22.6 Å². The molecule has 0 spiro atoms. The van der Waals surface area contributed by atoms with E-state index >= 15 is 0 Å². The summed E-state index contributed by atoms with van der Waals surface area (Å²) in [5.74, 6) is 0.977. The number of H-pyrrole nitrogens is 1. The van der Waals surface area contributed by atoms with E-state index in [0.29, 0.717) is 36.0 Å². The maximum absolute atomic E-state index is 14.3. The van der Waals surface area contributed by atoms with Crippen LogP contribution in [0.3, 0.4) is 0 Å². The molecule has 4 atom stereocenters. The minimum atomic E-state index is -4.49. The highest BCUT2D eigenvalue weighted by Crippen LogP contribution is 2.43. The van der Waals surface area contributed by atoms with Gasteiger partial charge in [-0.05, 0) is 25.7 Å². The van der Waals surface area contributed by atoms with Gasteiger partial charge in [-0.15, -0.1) is 0 Å². The van der Waals surface area contributed by atoms with Gasteiger partial charge < -0.3 is 19.3 Å². The summed E-state index contributed by atoms with van der Waals surface area (Å²) in [6.07, 6.45) is -0.845. The maximum atomic E-state index is 14.3. The lowest BCUT2D eigenvalue weighted by Crippen LogP contribution is -2.52. The fourth-order valence-corrected chi connectivity index (χ4v) is 5.77. The molecular weight excluding hydrogens is 477 g/mol. The molecule has 3 aromatic heterocycles. The Balaban J connectivity index is 1.58. The van der Waals surface area contributed by atoms with Gasteiger partial charge >= 0.3 is 6.18 Å². The second-order valence-corrected chi connectivity index (χ2v) is 9.40. The number of ether oxygens (including phenoxy) is 2. The third-order valence-electron chi connectivity index (χ3n) is 7.47. The fraction of sp³-hybridized carbons (Fsp3) is 0.565. The number of pyridine rings is 1. The minimum Gasteiger partial charge on any atom is -0.381 e. The molecular formula is C23H25F3N8O2. The summed E-state index contributed by atoms with van der Waals surface area (Å²) in [5, 5.41) is 21.4. The molecule has 6 rings (SSSR count).